The average Bonchev–Trinajstić information content (AvgIpc) is 2.99. The lowest BCUT2D eigenvalue weighted by molar-refractivity contribution is -0.114. The molecule has 0 spiro atoms. The summed E-state index contributed by atoms with van der Waals surface area (Å²) in [5.41, 5.74) is 3.72. The lowest BCUT2D eigenvalue weighted by Crippen LogP contribution is -2.50. The Kier molecular flexibility index (Phi) is 6.01. The number of fused-ring (bicyclic) bond motifs is 1. The van der Waals surface area contributed by atoms with Gasteiger partial charge >= 0.3 is 0 Å². The van der Waals surface area contributed by atoms with Gasteiger partial charge in [0.1, 0.15) is 0 Å². The molecular weight excluding hydrogens is 396 g/mol. The summed E-state index contributed by atoms with van der Waals surface area (Å²) in [5.74, 6) is 0.616. The number of anilines is 1. The minimum atomic E-state index is -0.0690. The molecular formula is C27H34N4O. The highest BCUT2D eigenvalue weighted by Gasteiger charge is 2.40. The maximum absolute atomic E-state index is 11.8. The van der Waals surface area contributed by atoms with Crippen molar-refractivity contribution < 1.29 is 4.79 Å². The first-order chi connectivity index (χ1) is 15.7. The number of imidazole rings is 1. The van der Waals surface area contributed by atoms with Crippen LogP contribution < -0.4 is 5.32 Å². The molecule has 5 nitrogen and oxygen atoms in total. The number of carbonyl (C=O) groups is 1. The Bertz CT molecular complexity index is 1060. The minimum Gasteiger partial charge on any atom is -0.307 e. The third kappa shape index (κ3) is 3.95. The van der Waals surface area contributed by atoms with Crippen LogP contribution in [0.5, 0.6) is 0 Å². The van der Waals surface area contributed by atoms with Crippen LogP contribution in [-0.2, 0) is 10.3 Å². The van der Waals surface area contributed by atoms with Crippen LogP contribution in [0, 0.1) is 0 Å². The number of likely N-dealkylation sites (tertiary alicyclic amines) is 1. The highest BCUT2D eigenvalue weighted by molar-refractivity contribution is 5.90. The van der Waals surface area contributed by atoms with Crippen LogP contribution in [-0.4, -0.2) is 33.4 Å². The molecule has 1 N–H and O–H groups in total. The number of benzene rings is 2. The van der Waals surface area contributed by atoms with E-state index in [2.05, 4.69) is 57.2 Å². The first kappa shape index (κ1) is 21.2. The normalized spacial score (nSPS) is 20.2. The van der Waals surface area contributed by atoms with Crippen LogP contribution in [0.3, 0.4) is 0 Å². The Balaban J connectivity index is 1.43. The van der Waals surface area contributed by atoms with Crippen molar-refractivity contribution in [1.29, 1.82) is 0 Å². The molecule has 5 rings (SSSR count). The average molecular weight is 431 g/mol. The van der Waals surface area contributed by atoms with Crippen molar-refractivity contribution >= 4 is 22.9 Å². The maximum Gasteiger partial charge on any atom is 0.223 e. The van der Waals surface area contributed by atoms with Crippen molar-refractivity contribution in [2.24, 2.45) is 0 Å². The summed E-state index contributed by atoms with van der Waals surface area (Å²) in [6.45, 7) is 3.71. The van der Waals surface area contributed by atoms with E-state index in [1.807, 2.05) is 12.1 Å². The lowest BCUT2D eigenvalue weighted by Gasteiger charge is -2.48. The highest BCUT2D eigenvalue weighted by Crippen LogP contribution is 2.44. The quantitative estimate of drug-likeness (QED) is 0.526. The van der Waals surface area contributed by atoms with Gasteiger partial charge < -0.3 is 4.57 Å². The molecule has 1 saturated carbocycles. The Labute approximate surface area is 190 Å². The number of aromatic nitrogens is 2. The molecule has 1 aliphatic carbocycles. The van der Waals surface area contributed by atoms with E-state index in [0.29, 0.717) is 12.0 Å². The molecule has 2 fully saturated rings. The van der Waals surface area contributed by atoms with E-state index >= 15 is 0 Å². The molecule has 1 amide bonds. The fraction of sp³-hybridized carbons (Fsp3) is 0.481. The number of hydrogen-bond donors (Lipinski definition) is 1. The molecule has 2 aromatic carbocycles. The van der Waals surface area contributed by atoms with E-state index < -0.39 is 0 Å². The van der Waals surface area contributed by atoms with E-state index in [1.54, 1.807) is 6.92 Å². The van der Waals surface area contributed by atoms with Crippen LogP contribution >= 0.6 is 0 Å². The molecule has 0 atom stereocenters. The zero-order valence-electron chi connectivity index (χ0n) is 19.1. The van der Waals surface area contributed by atoms with Gasteiger partial charge in [-0.1, -0.05) is 68.1 Å². The first-order valence-electron chi connectivity index (χ1n) is 12.2. The van der Waals surface area contributed by atoms with Gasteiger partial charge in [0, 0.05) is 31.6 Å². The van der Waals surface area contributed by atoms with Crippen molar-refractivity contribution in [2.45, 2.75) is 69.9 Å². The van der Waals surface area contributed by atoms with E-state index in [1.165, 1.54) is 44.1 Å². The number of nitrogens with zero attached hydrogens (tertiary/aromatic N) is 3. The molecule has 1 aliphatic heterocycles. The van der Waals surface area contributed by atoms with E-state index in [9.17, 15) is 4.79 Å². The number of hydrogen-bond acceptors (Lipinski definition) is 3. The summed E-state index contributed by atoms with van der Waals surface area (Å²) in [6.07, 6.45) is 9.99. The Morgan fingerprint density at radius 2 is 1.59 bits per heavy atom. The fourth-order valence-corrected chi connectivity index (χ4v) is 6.06. The molecule has 0 unspecified atom stereocenters. The SMILES string of the molecule is CC(=O)Nc1nc2ccccc2n1C1CCN(C2(c3ccccc3)CCCCCC2)CC1. The van der Waals surface area contributed by atoms with Gasteiger partial charge in [-0.05, 0) is 43.4 Å². The smallest absolute Gasteiger partial charge is 0.223 e. The summed E-state index contributed by atoms with van der Waals surface area (Å²) >= 11 is 0. The fourth-order valence-electron chi connectivity index (χ4n) is 6.06. The second kappa shape index (κ2) is 9.07. The summed E-state index contributed by atoms with van der Waals surface area (Å²) in [7, 11) is 0. The van der Waals surface area contributed by atoms with E-state index in [-0.39, 0.29) is 11.4 Å². The summed E-state index contributed by atoms with van der Waals surface area (Å²) in [4.78, 5) is 19.3. The van der Waals surface area contributed by atoms with Crippen LogP contribution in [0.15, 0.2) is 54.6 Å². The predicted octanol–water partition coefficient (Wildman–Crippen LogP) is 5.88. The third-order valence-electron chi connectivity index (χ3n) is 7.56. The zero-order chi connectivity index (χ0) is 22.0. The number of carbonyl (C=O) groups excluding carboxylic acids is 1. The summed E-state index contributed by atoms with van der Waals surface area (Å²) in [5, 5.41) is 2.98. The van der Waals surface area contributed by atoms with Crippen LogP contribution in [0.1, 0.15) is 69.9 Å². The highest BCUT2D eigenvalue weighted by atomic mass is 16.1. The van der Waals surface area contributed by atoms with Crippen molar-refractivity contribution in [3.8, 4) is 0 Å². The Morgan fingerprint density at radius 3 is 2.28 bits per heavy atom. The predicted molar refractivity (Wildman–Crippen MR) is 130 cm³/mol. The maximum atomic E-state index is 11.8. The van der Waals surface area contributed by atoms with Gasteiger partial charge in [-0.3, -0.25) is 15.0 Å². The Hall–Kier alpha value is -2.66. The Morgan fingerprint density at radius 1 is 0.938 bits per heavy atom. The third-order valence-corrected chi connectivity index (χ3v) is 7.56. The van der Waals surface area contributed by atoms with Gasteiger partial charge in [-0.15, -0.1) is 0 Å². The topological polar surface area (TPSA) is 50.2 Å². The van der Waals surface area contributed by atoms with Gasteiger partial charge in [-0.2, -0.15) is 0 Å². The van der Waals surface area contributed by atoms with E-state index in [4.69, 9.17) is 4.98 Å². The first-order valence-corrected chi connectivity index (χ1v) is 12.2. The minimum absolute atomic E-state index is 0.0690. The van der Waals surface area contributed by atoms with Crippen LogP contribution in [0.25, 0.3) is 11.0 Å². The lowest BCUT2D eigenvalue weighted by atomic mass is 9.79. The molecule has 32 heavy (non-hydrogen) atoms. The van der Waals surface area contributed by atoms with E-state index in [0.717, 1.165) is 37.0 Å². The molecule has 2 heterocycles. The van der Waals surface area contributed by atoms with Gasteiger partial charge in [-0.25, -0.2) is 4.98 Å². The molecule has 0 radical (unpaired) electrons. The number of piperidine rings is 1. The van der Waals surface area contributed by atoms with Crippen LogP contribution in [0.4, 0.5) is 5.95 Å². The van der Waals surface area contributed by atoms with Crippen molar-refractivity contribution in [1.82, 2.24) is 14.5 Å². The zero-order valence-corrected chi connectivity index (χ0v) is 19.1. The molecule has 1 saturated heterocycles. The molecule has 5 heteroatoms. The second-order valence-corrected chi connectivity index (χ2v) is 9.51. The van der Waals surface area contributed by atoms with Crippen molar-refractivity contribution in [2.75, 3.05) is 18.4 Å². The van der Waals surface area contributed by atoms with Gasteiger partial charge in [0.05, 0.1) is 11.0 Å². The molecule has 2 aliphatic rings. The number of amides is 1. The summed E-state index contributed by atoms with van der Waals surface area (Å²) < 4.78 is 2.27. The van der Waals surface area contributed by atoms with Crippen molar-refractivity contribution in [3.05, 3.63) is 60.2 Å². The van der Waals surface area contributed by atoms with Gasteiger partial charge in [0.2, 0.25) is 11.9 Å². The number of para-hydroxylation sites is 2. The number of rotatable bonds is 4. The second-order valence-electron chi connectivity index (χ2n) is 9.51. The molecule has 1 aromatic heterocycles. The van der Waals surface area contributed by atoms with Gasteiger partial charge in [0.25, 0.3) is 0 Å². The standard InChI is InChI=1S/C27H34N4O/c1-21(32)28-26-29-24-13-7-8-14-25(24)31(26)23-15-19-30(20-16-23)27(17-9-2-3-10-18-27)22-11-5-4-6-12-22/h4-8,11-14,23H,2-3,9-10,15-20H2,1H3,(H,28,29,32). The molecule has 3 aromatic rings. The monoisotopic (exact) mass is 430 g/mol. The largest absolute Gasteiger partial charge is 0.307 e. The van der Waals surface area contributed by atoms with Gasteiger partial charge in [0.15, 0.2) is 0 Å². The van der Waals surface area contributed by atoms with Crippen LogP contribution in [0.2, 0.25) is 0 Å². The molecule has 0 bridgehead atoms. The molecule has 168 valence electrons. The number of nitrogens with one attached hydrogen (secondary N) is 1. The van der Waals surface area contributed by atoms with Crippen molar-refractivity contribution in [3.63, 3.8) is 0 Å². The summed E-state index contributed by atoms with van der Waals surface area (Å²) in [6, 6.07) is 19.8.